The molecule has 2 rings (SSSR count). The molecule has 0 atom stereocenters. The van der Waals surface area contributed by atoms with Crippen molar-refractivity contribution in [1.82, 2.24) is 0 Å². The minimum absolute atomic E-state index is 0.356. The Kier molecular flexibility index (Phi) is 3.92. The lowest BCUT2D eigenvalue weighted by Gasteiger charge is -2.09. The second-order valence-corrected chi connectivity index (χ2v) is 5.23. The Morgan fingerprint density at radius 1 is 1.17 bits per heavy atom. The molecule has 0 saturated carbocycles. The van der Waals surface area contributed by atoms with Gasteiger partial charge in [-0.3, -0.25) is 0 Å². The Bertz CT molecular complexity index is 566. The van der Waals surface area contributed by atoms with Crippen molar-refractivity contribution in [3.05, 3.63) is 57.6 Å². The summed E-state index contributed by atoms with van der Waals surface area (Å²) in [6, 6.07) is 11.9. The van der Waals surface area contributed by atoms with Crippen LogP contribution < -0.4 is 5.32 Å². The maximum absolute atomic E-state index is 9.84. The zero-order valence-corrected chi connectivity index (χ0v) is 12.1. The predicted octanol–water partition coefficient (Wildman–Crippen LogP) is 4.10. The Morgan fingerprint density at radius 3 is 2.61 bits per heavy atom. The quantitative estimate of drug-likeness (QED) is 0.895. The Morgan fingerprint density at radius 2 is 1.94 bits per heavy atom. The summed E-state index contributed by atoms with van der Waals surface area (Å²) >= 11 is 3.53. The summed E-state index contributed by atoms with van der Waals surface area (Å²) < 4.78 is 1.04. The predicted molar refractivity (Wildman–Crippen MR) is 79.3 cm³/mol. The van der Waals surface area contributed by atoms with Crippen molar-refractivity contribution >= 4 is 21.6 Å². The van der Waals surface area contributed by atoms with Gasteiger partial charge in [-0.2, -0.15) is 0 Å². The van der Waals surface area contributed by atoms with Gasteiger partial charge >= 0.3 is 0 Å². The largest absolute Gasteiger partial charge is 0.508 e. The van der Waals surface area contributed by atoms with Gasteiger partial charge in [0.2, 0.25) is 0 Å². The fraction of sp³-hybridized carbons (Fsp3) is 0.200. The second-order valence-electron chi connectivity index (χ2n) is 4.37. The molecule has 18 heavy (non-hydrogen) atoms. The summed E-state index contributed by atoms with van der Waals surface area (Å²) in [5.74, 6) is 0.356. The van der Waals surface area contributed by atoms with Gasteiger partial charge in [0.05, 0.1) is 0 Å². The third-order valence-corrected chi connectivity index (χ3v) is 3.59. The monoisotopic (exact) mass is 305 g/mol. The fourth-order valence-corrected chi connectivity index (χ4v) is 2.57. The van der Waals surface area contributed by atoms with Gasteiger partial charge in [-0.15, -0.1) is 0 Å². The molecule has 0 radical (unpaired) electrons. The summed E-state index contributed by atoms with van der Waals surface area (Å²) in [6.45, 7) is 2.03. The van der Waals surface area contributed by atoms with Gasteiger partial charge in [0, 0.05) is 23.6 Å². The highest BCUT2D eigenvalue weighted by molar-refractivity contribution is 9.10. The molecule has 0 saturated heterocycles. The summed E-state index contributed by atoms with van der Waals surface area (Å²) in [4.78, 5) is 0. The fourth-order valence-electron chi connectivity index (χ4n) is 1.95. The number of rotatable bonds is 3. The minimum atomic E-state index is 0.356. The van der Waals surface area contributed by atoms with Crippen molar-refractivity contribution < 1.29 is 5.11 Å². The lowest BCUT2D eigenvalue weighted by atomic mass is 10.0. The van der Waals surface area contributed by atoms with E-state index in [2.05, 4.69) is 33.4 Å². The minimum Gasteiger partial charge on any atom is -0.508 e. The van der Waals surface area contributed by atoms with E-state index in [0.29, 0.717) is 5.75 Å². The number of aryl methyl sites for hydroxylation is 1. The van der Waals surface area contributed by atoms with Gasteiger partial charge in [-0.05, 0) is 52.2 Å². The van der Waals surface area contributed by atoms with Crippen LogP contribution in [0.4, 0.5) is 5.69 Å². The molecular formula is C15H16BrNO. The van der Waals surface area contributed by atoms with E-state index in [-0.39, 0.29) is 0 Å². The van der Waals surface area contributed by atoms with Gasteiger partial charge in [0.15, 0.2) is 0 Å². The topological polar surface area (TPSA) is 32.3 Å². The molecule has 0 unspecified atom stereocenters. The maximum atomic E-state index is 9.84. The third kappa shape index (κ3) is 2.85. The molecule has 0 aromatic heterocycles. The van der Waals surface area contributed by atoms with Crippen LogP contribution in [0, 0.1) is 6.92 Å². The first kappa shape index (κ1) is 13.0. The number of aromatic hydroxyl groups is 1. The third-order valence-electron chi connectivity index (χ3n) is 2.93. The summed E-state index contributed by atoms with van der Waals surface area (Å²) in [5.41, 5.74) is 4.35. The molecule has 2 aromatic rings. The Labute approximate surface area is 116 Å². The van der Waals surface area contributed by atoms with Crippen molar-refractivity contribution in [1.29, 1.82) is 0 Å². The standard InChI is InChI=1S/C15H16BrNO/c1-10-3-6-15(18)12(7-10)8-11-4-5-14(17-2)13(16)9-11/h3-7,9,17-18H,8H2,1-2H3. The zero-order chi connectivity index (χ0) is 13.1. The van der Waals surface area contributed by atoms with Crippen LogP contribution in [0.5, 0.6) is 5.75 Å². The van der Waals surface area contributed by atoms with Gasteiger partial charge in [0.25, 0.3) is 0 Å². The molecule has 0 aliphatic heterocycles. The van der Waals surface area contributed by atoms with Crippen molar-refractivity contribution in [3.8, 4) is 5.75 Å². The Balaban J connectivity index is 2.28. The molecule has 3 heteroatoms. The summed E-state index contributed by atoms with van der Waals surface area (Å²) in [7, 11) is 1.89. The van der Waals surface area contributed by atoms with Crippen LogP contribution in [-0.2, 0) is 6.42 Å². The Hall–Kier alpha value is -1.48. The van der Waals surface area contributed by atoms with Gasteiger partial charge in [-0.25, -0.2) is 0 Å². The zero-order valence-electron chi connectivity index (χ0n) is 10.5. The lowest BCUT2D eigenvalue weighted by Crippen LogP contribution is -1.93. The van der Waals surface area contributed by atoms with Gasteiger partial charge < -0.3 is 10.4 Å². The van der Waals surface area contributed by atoms with E-state index in [1.807, 2.05) is 32.2 Å². The van der Waals surface area contributed by atoms with E-state index in [1.165, 1.54) is 5.56 Å². The maximum Gasteiger partial charge on any atom is 0.119 e. The highest BCUT2D eigenvalue weighted by Crippen LogP contribution is 2.26. The number of benzene rings is 2. The van der Waals surface area contributed by atoms with E-state index >= 15 is 0 Å². The van der Waals surface area contributed by atoms with E-state index in [9.17, 15) is 5.11 Å². The van der Waals surface area contributed by atoms with Crippen molar-refractivity contribution in [2.24, 2.45) is 0 Å². The number of phenols is 1. The van der Waals surface area contributed by atoms with Crippen molar-refractivity contribution in [3.63, 3.8) is 0 Å². The molecule has 2 aromatic carbocycles. The first-order valence-corrected chi connectivity index (χ1v) is 6.64. The number of nitrogens with one attached hydrogen (secondary N) is 1. The number of anilines is 1. The second kappa shape index (κ2) is 5.44. The van der Waals surface area contributed by atoms with Gasteiger partial charge in [0.1, 0.15) is 5.75 Å². The smallest absolute Gasteiger partial charge is 0.119 e. The summed E-state index contributed by atoms with van der Waals surface area (Å²) in [5, 5.41) is 13.0. The molecule has 0 aliphatic carbocycles. The van der Waals surface area contributed by atoms with Crippen LogP contribution in [0.3, 0.4) is 0 Å². The average molecular weight is 306 g/mol. The van der Waals surface area contributed by atoms with E-state index in [1.54, 1.807) is 6.07 Å². The van der Waals surface area contributed by atoms with Crippen LogP contribution in [0.2, 0.25) is 0 Å². The molecule has 0 aliphatic rings. The molecule has 94 valence electrons. The molecule has 0 spiro atoms. The van der Waals surface area contributed by atoms with Crippen molar-refractivity contribution in [2.45, 2.75) is 13.3 Å². The van der Waals surface area contributed by atoms with Crippen LogP contribution in [0.15, 0.2) is 40.9 Å². The summed E-state index contributed by atoms with van der Waals surface area (Å²) in [6.07, 6.45) is 0.732. The molecule has 0 heterocycles. The molecule has 0 amide bonds. The van der Waals surface area contributed by atoms with Crippen LogP contribution >= 0.6 is 15.9 Å². The van der Waals surface area contributed by atoms with Crippen LogP contribution in [0.1, 0.15) is 16.7 Å². The van der Waals surface area contributed by atoms with E-state index in [0.717, 1.165) is 27.7 Å². The molecule has 2 N–H and O–H groups in total. The van der Waals surface area contributed by atoms with Crippen LogP contribution in [0.25, 0.3) is 0 Å². The van der Waals surface area contributed by atoms with Crippen LogP contribution in [-0.4, -0.2) is 12.2 Å². The number of halogens is 1. The van der Waals surface area contributed by atoms with Crippen molar-refractivity contribution in [2.75, 3.05) is 12.4 Å². The van der Waals surface area contributed by atoms with E-state index in [4.69, 9.17) is 0 Å². The highest BCUT2D eigenvalue weighted by atomic mass is 79.9. The SMILES string of the molecule is CNc1ccc(Cc2cc(C)ccc2O)cc1Br. The first-order chi connectivity index (χ1) is 8.60. The first-order valence-electron chi connectivity index (χ1n) is 5.85. The molecule has 0 fully saturated rings. The molecular weight excluding hydrogens is 290 g/mol. The van der Waals surface area contributed by atoms with E-state index < -0.39 is 0 Å². The molecule has 2 nitrogen and oxygen atoms in total. The molecule has 0 bridgehead atoms. The average Bonchev–Trinajstić information content (AvgIpc) is 2.34. The highest BCUT2D eigenvalue weighted by Gasteiger charge is 2.05. The lowest BCUT2D eigenvalue weighted by molar-refractivity contribution is 0.469. The number of phenolic OH excluding ortho intramolecular Hbond substituents is 1. The van der Waals surface area contributed by atoms with Gasteiger partial charge in [-0.1, -0.05) is 23.8 Å². The normalized spacial score (nSPS) is 10.4. The number of hydrogen-bond donors (Lipinski definition) is 2. The number of hydrogen-bond acceptors (Lipinski definition) is 2.